The number of rotatable bonds is 16. The molecule has 15 nitrogen and oxygen atoms in total. The number of aromatic nitrogens is 2. The molecule has 3 N–H and O–H groups in total. The fraction of sp³-hybridized carbons (Fsp3) is 0.259. The molecule has 0 unspecified atom stereocenters. The zero-order valence-corrected chi connectivity index (χ0v) is 38.7. The van der Waals surface area contributed by atoms with Gasteiger partial charge in [-0.15, -0.1) is 0 Å². The quantitative estimate of drug-likeness (QED) is 0.0775. The number of carbonyl (C=O) groups excluding carboxylic acids is 7. The lowest BCUT2D eigenvalue weighted by Gasteiger charge is -2.15. The van der Waals surface area contributed by atoms with E-state index in [1.54, 1.807) is 43.3 Å². The van der Waals surface area contributed by atoms with Gasteiger partial charge in [-0.1, -0.05) is 72.8 Å². The Morgan fingerprint density at radius 1 is 0.594 bits per heavy atom. The Balaban J connectivity index is 0.000000231. The highest BCUT2D eigenvalue weighted by Crippen LogP contribution is 2.34. The van der Waals surface area contributed by atoms with Gasteiger partial charge in [-0.3, -0.25) is 14.4 Å². The number of benzene rings is 4. The summed E-state index contributed by atoms with van der Waals surface area (Å²) in [5.41, 5.74) is 9.38. The van der Waals surface area contributed by atoms with E-state index < -0.39 is 5.97 Å². The number of aldehydes is 1. The van der Waals surface area contributed by atoms with Crippen molar-refractivity contribution < 1.29 is 52.9 Å². The standard InChI is InChI=1S/C26H26N2O4.C26H26N2O3.2CO2/c1-16-12-21(20-10-11-23(28-17(20)2)25(29)27-14-18-8-9-18)22(26(30)31)13-24(16)32-15-19-6-4-3-5-7-19;1-17-12-23(21(15-29)13-25(17)31-16-20-6-4-3-5-7-20)22-10-11-24(28-18(22)2)26(30)27-14-19-8-9-19;2*2-1-3/h3-7,10-13,18H,8-9,14-15H2,1-2H3,(H,27,29)(H,30,31);3-7,10-13,15,19H,8-9,14,16H2,1-2H3,(H,27,30);;. The fourth-order valence-electron chi connectivity index (χ4n) is 7.15. The third-order valence-corrected chi connectivity index (χ3v) is 11.2. The van der Waals surface area contributed by atoms with Crippen LogP contribution in [-0.4, -0.2) is 64.5 Å². The predicted octanol–water partition coefficient (Wildman–Crippen LogP) is 8.51. The van der Waals surface area contributed by atoms with Crippen LogP contribution in [0.1, 0.15) is 101 Å². The van der Waals surface area contributed by atoms with E-state index in [0.29, 0.717) is 89.1 Å². The first-order valence-electron chi connectivity index (χ1n) is 22.1. The van der Waals surface area contributed by atoms with Gasteiger partial charge >= 0.3 is 18.3 Å². The molecule has 0 spiro atoms. The Morgan fingerprint density at radius 3 is 1.39 bits per heavy atom. The Kier molecular flexibility index (Phi) is 19.1. The number of hydrogen-bond donors (Lipinski definition) is 3. The summed E-state index contributed by atoms with van der Waals surface area (Å²) in [6.45, 7) is 9.66. The molecule has 6 aromatic rings. The van der Waals surface area contributed by atoms with Crippen molar-refractivity contribution in [2.45, 2.75) is 66.6 Å². The molecule has 0 saturated heterocycles. The van der Waals surface area contributed by atoms with Crippen molar-refractivity contribution in [1.29, 1.82) is 0 Å². The smallest absolute Gasteiger partial charge is 0.373 e. The Hall–Kier alpha value is -8.38. The Labute approximate surface area is 399 Å². The molecule has 0 atom stereocenters. The maximum atomic E-state index is 12.4. The molecule has 2 amide bonds. The van der Waals surface area contributed by atoms with Crippen molar-refractivity contribution in [3.05, 3.63) is 165 Å². The highest BCUT2D eigenvalue weighted by molar-refractivity contribution is 5.98. The van der Waals surface area contributed by atoms with Gasteiger partial charge in [0.1, 0.15) is 36.1 Å². The van der Waals surface area contributed by atoms with E-state index in [1.807, 2.05) is 93.6 Å². The lowest BCUT2D eigenvalue weighted by Crippen LogP contribution is -2.26. The predicted molar refractivity (Wildman–Crippen MR) is 252 cm³/mol. The van der Waals surface area contributed by atoms with E-state index in [0.717, 1.165) is 52.5 Å². The molecule has 2 fully saturated rings. The molecule has 2 aliphatic rings. The van der Waals surface area contributed by atoms with Crippen molar-refractivity contribution in [1.82, 2.24) is 20.6 Å². The monoisotopic (exact) mass is 932 g/mol. The summed E-state index contributed by atoms with van der Waals surface area (Å²) in [5, 5.41) is 15.7. The average molecular weight is 933 g/mol. The number of pyridine rings is 2. The summed E-state index contributed by atoms with van der Waals surface area (Å²) in [7, 11) is 0. The van der Waals surface area contributed by atoms with E-state index in [2.05, 4.69) is 20.6 Å². The summed E-state index contributed by atoms with van der Waals surface area (Å²) < 4.78 is 11.9. The summed E-state index contributed by atoms with van der Waals surface area (Å²) in [6.07, 6.45) is 6.02. The molecule has 0 radical (unpaired) electrons. The minimum Gasteiger partial charge on any atom is -0.489 e. The third kappa shape index (κ3) is 15.3. The molecule has 4 aromatic carbocycles. The lowest BCUT2D eigenvalue weighted by molar-refractivity contribution is -0.193. The van der Waals surface area contributed by atoms with Gasteiger partial charge in [0.25, 0.3) is 11.8 Å². The molecular formula is C54H52N4O11. The highest BCUT2D eigenvalue weighted by Gasteiger charge is 2.24. The van der Waals surface area contributed by atoms with E-state index >= 15 is 0 Å². The van der Waals surface area contributed by atoms with Crippen LogP contribution in [0, 0.1) is 39.5 Å². The van der Waals surface area contributed by atoms with Crippen LogP contribution in [0.15, 0.2) is 109 Å². The number of nitrogens with one attached hydrogen (secondary N) is 2. The minimum absolute atomic E-state index is 0.134. The van der Waals surface area contributed by atoms with Gasteiger partial charge in [-0.2, -0.15) is 19.2 Å². The third-order valence-electron chi connectivity index (χ3n) is 11.2. The molecule has 0 aliphatic heterocycles. The van der Waals surface area contributed by atoms with Crippen LogP contribution in [0.4, 0.5) is 0 Å². The van der Waals surface area contributed by atoms with E-state index in [1.165, 1.54) is 12.8 Å². The zero-order valence-electron chi connectivity index (χ0n) is 38.7. The molecule has 2 saturated carbocycles. The maximum absolute atomic E-state index is 12.4. The van der Waals surface area contributed by atoms with Crippen LogP contribution in [0.3, 0.4) is 0 Å². The number of carboxylic acids is 1. The van der Waals surface area contributed by atoms with Crippen LogP contribution in [-0.2, 0) is 32.4 Å². The van der Waals surface area contributed by atoms with Crippen molar-refractivity contribution in [2.24, 2.45) is 11.8 Å². The van der Waals surface area contributed by atoms with Gasteiger partial charge < -0.3 is 25.2 Å². The number of amides is 2. The van der Waals surface area contributed by atoms with Crippen LogP contribution >= 0.6 is 0 Å². The topological polar surface area (TPSA) is 225 Å². The second-order valence-corrected chi connectivity index (χ2v) is 16.5. The Bertz CT molecular complexity index is 2820. The number of aromatic carboxylic acids is 1. The lowest BCUT2D eigenvalue weighted by atomic mass is 9.95. The molecule has 2 heterocycles. The van der Waals surface area contributed by atoms with Gasteiger partial charge in [0.2, 0.25) is 0 Å². The average Bonchev–Trinajstić information content (AvgIpc) is 4.30. The number of aryl methyl sites for hydroxylation is 4. The van der Waals surface area contributed by atoms with Crippen molar-refractivity contribution >= 4 is 36.4 Å². The SMILES string of the molecule is Cc1cc(-c2ccc(C(=O)NCC3CC3)nc2C)c(C(=O)O)cc1OCc1ccccc1.Cc1cc(-c2ccc(C(=O)NCC3CC3)nc2C)c(C=O)cc1OCc1ccccc1.O=C=O.O=C=O. The first-order chi connectivity index (χ1) is 33.3. The second kappa shape index (κ2) is 25.5. The van der Waals surface area contributed by atoms with E-state index in [-0.39, 0.29) is 29.7 Å². The van der Waals surface area contributed by atoms with Crippen molar-refractivity contribution in [3.63, 3.8) is 0 Å². The van der Waals surface area contributed by atoms with E-state index in [9.17, 15) is 24.3 Å². The first kappa shape index (κ1) is 51.6. The number of carbonyl (C=O) groups is 4. The largest absolute Gasteiger partial charge is 0.489 e. The maximum Gasteiger partial charge on any atom is 0.373 e. The zero-order chi connectivity index (χ0) is 49.9. The minimum atomic E-state index is -1.05. The first-order valence-corrected chi connectivity index (χ1v) is 22.1. The summed E-state index contributed by atoms with van der Waals surface area (Å²) in [4.78, 5) is 90.0. The number of hydrogen-bond acceptors (Lipinski definition) is 12. The molecule has 2 aliphatic carbocycles. The van der Waals surface area contributed by atoms with Gasteiger partial charge in [-0.05, 0) is 135 Å². The fourth-order valence-corrected chi connectivity index (χ4v) is 7.15. The van der Waals surface area contributed by atoms with Crippen molar-refractivity contribution in [2.75, 3.05) is 13.1 Å². The van der Waals surface area contributed by atoms with Crippen molar-refractivity contribution in [3.8, 4) is 33.8 Å². The summed E-state index contributed by atoms with van der Waals surface area (Å²) in [6, 6.07) is 33.7. The van der Waals surface area contributed by atoms with Crippen LogP contribution in [0.2, 0.25) is 0 Å². The number of carboxylic acid groups (broad SMARTS) is 1. The van der Waals surface area contributed by atoms with Gasteiger partial charge in [0, 0.05) is 41.2 Å². The van der Waals surface area contributed by atoms with Gasteiger partial charge in [-0.25, -0.2) is 14.8 Å². The summed E-state index contributed by atoms with van der Waals surface area (Å²) in [5.74, 6) is 1.00. The van der Waals surface area contributed by atoms with Crippen LogP contribution in [0.25, 0.3) is 22.3 Å². The second-order valence-electron chi connectivity index (χ2n) is 16.5. The molecule has 2 aromatic heterocycles. The summed E-state index contributed by atoms with van der Waals surface area (Å²) >= 11 is 0. The van der Waals surface area contributed by atoms with Gasteiger partial charge in [0.05, 0.1) is 5.56 Å². The van der Waals surface area contributed by atoms with Crippen LogP contribution < -0.4 is 20.1 Å². The van der Waals surface area contributed by atoms with Crippen LogP contribution in [0.5, 0.6) is 11.5 Å². The number of nitrogens with zero attached hydrogens (tertiary/aromatic N) is 2. The molecule has 15 heteroatoms. The number of ether oxygens (including phenoxy) is 2. The highest BCUT2D eigenvalue weighted by atomic mass is 16.5. The van der Waals surface area contributed by atoms with Gasteiger partial charge in [0.15, 0.2) is 6.29 Å². The molecular weight excluding hydrogens is 881 g/mol. The molecule has 69 heavy (non-hydrogen) atoms. The Morgan fingerprint density at radius 2 is 1.00 bits per heavy atom. The molecule has 354 valence electrons. The molecule has 8 rings (SSSR count). The molecule has 0 bridgehead atoms. The van der Waals surface area contributed by atoms with E-state index in [4.69, 9.17) is 28.7 Å². The normalized spacial score (nSPS) is 12.1.